The minimum absolute atomic E-state index is 0.317. The van der Waals surface area contributed by atoms with Crippen molar-refractivity contribution < 1.29 is 19.8 Å². The fourth-order valence-corrected chi connectivity index (χ4v) is 1.29. The molecule has 0 aliphatic heterocycles. The van der Waals surface area contributed by atoms with Crippen LogP contribution in [-0.2, 0) is 9.59 Å². The van der Waals surface area contributed by atoms with Gasteiger partial charge in [0.15, 0.2) is 0 Å². The number of carboxylic acids is 2. The second kappa shape index (κ2) is 7.65. The third kappa shape index (κ3) is 5.90. The van der Waals surface area contributed by atoms with Gasteiger partial charge < -0.3 is 10.2 Å². The van der Waals surface area contributed by atoms with Crippen molar-refractivity contribution in [1.29, 1.82) is 0 Å². The van der Waals surface area contributed by atoms with Crippen LogP contribution in [0, 0.1) is 0 Å². The summed E-state index contributed by atoms with van der Waals surface area (Å²) in [6, 6.07) is 0. The first kappa shape index (κ1) is 15.4. The molecule has 0 aromatic rings. The smallest absolute Gasteiger partial charge is 0.331 e. The lowest BCUT2D eigenvalue weighted by Crippen LogP contribution is -2.10. The summed E-state index contributed by atoms with van der Waals surface area (Å²) in [6.07, 6.45) is 4.30. The lowest BCUT2D eigenvalue weighted by atomic mass is 9.90. The molecule has 96 valence electrons. The fourth-order valence-electron chi connectivity index (χ4n) is 1.29. The van der Waals surface area contributed by atoms with E-state index < -0.39 is 11.9 Å². The molecule has 1 rings (SSSR count). The maximum atomic E-state index is 10.1. The first-order valence-corrected chi connectivity index (χ1v) is 5.73. The van der Waals surface area contributed by atoms with Crippen molar-refractivity contribution in [2.75, 3.05) is 0 Å². The number of rotatable bonds is 5. The molecule has 17 heavy (non-hydrogen) atoms. The lowest BCUT2D eigenvalue weighted by Gasteiger charge is -2.15. The molecule has 4 nitrogen and oxygen atoms in total. The SMILES string of the molecule is C=C(CCCC)C(=O)O.CC1=C(C(=O)O)CC1. The predicted octanol–water partition coefficient (Wildman–Crippen LogP) is 3.00. The molecule has 0 radical (unpaired) electrons. The Morgan fingerprint density at radius 1 is 1.29 bits per heavy atom. The topological polar surface area (TPSA) is 74.6 Å². The summed E-state index contributed by atoms with van der Waals surface area (Å²) in [5.41, 5.74) is 1.97. The summed E-state index contributed by atoms with van der Waals surface area (Å²) in [5.74, 6) is -1.61. The highest BCUT2D eigenvalue weighted by atomic mass is 16.4. The quantitative estimate of drug-likeness (QED) is 0.724. The third-order valence-corrected chi connectivity index (χ3v) is 2.66. The molecule has 2 N–H and O–H groups in total. The molecule has 0 bridgehead atoms. The highest BCUT2D eigenvalue weighted by Gasteiger charge is 2.18. The summed E-state index contributed by atoms with van der Waals surface area (Å²) >= 11 is 0. The summed E-state index contributed by atoms with van der Waals surface area (Å²) in [5, 5.41) is 16.7. The number of carboxylic acid groups (broad SMARTS) is 2. The largest absolute Gasteiger partial charge is 0.478 e. The maximum absolute atomic E-state index is 10.1. The molecule has 0 aromatic heterocycles. The molecule has 0 saturated heterocycles. The minimum atomic E-state index is -0.872. The van der Waals surface area contributed by atoms with E-state index in [1.54, 1.807) is 0 Å². The van der Waals surface area contributed by atoms with Crippen LogP contribution in [0.3, 0.4) is 0 Å². The van der Waals surface area contributed by atoms with Crippen molar-refractivity contribution in [2.45, 2.75) is 46.0 Å². The minimum Gasteiger partial charge on any atom is -0.478 e. The van der Waals surface area contributed by atoms with Gasteiger partial charge in [-0.3, -0.25) is 0 Å². The Hall–Kier alpha value is -1.58. The molecule has 0 fully saturated rings. The maximum Gasteiger partial charge on any atom is 0.331 e. The second-order valence-electron chi connectivity index (χ2n) is 4.08. The van der Waals surface area contributed by atoms with E-state index >= 15 is 0 Å². The van der Waals surface area contributed by atoms with Gasteiger partial charge in [-0.05, 0) is 32.6 Å². The van der Waals surface area contributed by atoms with Gasteiger partial charge in [-0.2, -0.15) is 0 Å². The standard InChI is InChI=1S/C7H12O2.C6H8O2/c1-3-4-5-6(2)7(8)9;1-4-2-3-5(4)6(7)8/h2-5H2,1H3,(H,8,9);2-3H2,1H3,(H,7,8). The van der Waals surface area contributed by atoms with E-state index in [4.69, 9.17) is 10.2 Å². The zero-order chi connectivity index (χ0) is 13.4. The molecule has 0 unspecified atom stereocenters. The molecule has 0 heterocycles. The summed E-state index contributed by atoms with van der Waals surface area (Å²) in [7, 11) is 0. The van der Waals surface area contributed by atoms with Gasteiger partial charge in [0.05, 0.1) is 0 Å². The molecule has 1 aliphatic carbocycles. The van der Waals surface area contributed by atoms with Crippen LogP contribution in [0.5, 0.6) is 0 Å². The van der Waals surface area contributed by atoms with Gasteiger partial charge in [0.2, 0.25) is 0 Å². The van der Waals surface area contributed by atoms with E-state index in [-0.39, 0.29) is 0 Å². The normalized spacial score (nSPS) is 13.3. The van der Waals surface area contributed by atoms with E-state index in [1.165, 1.54) is 0 Å². The predicted molar refractivity (Wildman–Crippen MR) is 65.9 cm³/mol. The molecule has 0 saturated carbocycles. The number of allylic oxidation sites excluding steroid dienone is 1. The lowest BCUT2D eigenvalue weighted by molar-refractivity contribution is -0.134. The molecule has 0 atom stereocenters. The van der Waals surface area contributed by atoms with Crippen molar-refractivity contribution in [3.63, 3.8) is 0 Å². The van der Waals surface area contributed by atoms with E-state index in [0.717, 1.165) is 31.3 Å². The monoisotopic (exact) mass is 240 g/mol. The summed E-state index contributed by atoms with van der Waals surface area (Å²) in [6.45, 7) is 7.28. The Balaban J connectivity index is 0.000000302. The van der Waals surface area contributed by atoms with Crippen molar-refractivity contribution in [2.24, 2.45) is 0 Å². The zero-order valence-electron chi connectivity index (χ0n) is 10.5. The van der Waals surface area contributed by atoms with Gasteiger partial charge in [0.25, 0.3) is 0 Å². The van der Waals surface area contributed by atoms with Crippen LogP contribution in [0.2, 0.25) is 0 Å². The van der Waals surface area contributed by atoms with Crippen molar-refractivity contribution in [3.8, 4) is 0 Å². The highest BCUT2D eigenvalue weighted by molar-refractivity contribution is 5.89. The number of unbranched alkanes of at least 4 members (excludes halogenated alkanes) is 1. The van der Waals surface area contributed by atoms with Crippen LogP contribution in [0.25, 0.3) is 0 Å². The molecule has 0 aromatic carbocycles. The average molecular weight is 240 g/mol. The molecule has 0 amide bonds. The van der Waals surface area contributed by atoms with E-state index in [2.05, 4.69) is 6.58 Å². The molecule has 1 aliphatic rings. The van der Waals surface area contributed by atoms with Gasteiger partial charge in [-0.1, -0.05) is 25.5 Å². The Morgan fingerprint density at radius 2 is 1.88 bits per heavy atom. The zero-order valence-corrected chi connectivity index (χ0v) is 10.5. The van der Waals surface area contributed by atoms with Crippen molar-refractivity contribution >= 4 is 11.9 Å². The Labute approximate surface area is 102 Å². The van der Waals surface area contributed by atoms with Crippen molar-refractivity contribution in [3.05, 3.63) is 23.3 Å². The number of hydrogen-bond acceptors (Lipinski definition) is 2. The molecular formula is C13H20O4. The third-order valence-electron chi connectivity index (χ3n) is 2.66. The first-order chi connectivity index (χ1) is 7.90. The van der Waals surface area contributed by atoms with E-state index in [9.17, 15) is 9.59 Å². The molecule has 0 spiro atoms. The van der Waals surface area contributed by atoms with Crippen LogP contribution >= 0.6 is 0 Å². The van der Waals surface area contributed by atoms with Crippen LogP contribution in [-0.4, -0.2) is 22.2 Å². The number of aliphatic carboxylic acids is 2. The number of hydrogen-bond donors (Lipinski definition) is 2. The average Bonchev–Trinajstić information content (AvgIpc) is 2.23. The highest BCUT2D eigenvalue weighted by Crippen LogP contribution is 2.26. The summed E-state index contributed by atoms with van der Waals surface area (Å²) < 4.78 is 0. The van der Waals surface area contributed by atoms with Crippen LogP contribution in [0.4, 0.5) is 0 Å². The fraction of sp³-hybridized carbons (Fsp3) is 0.538. The van der Waals surface area contributed by atoms with Gasteiger partial charge in [-0.15, -0.1) is 0 Å². The van der Waals surface area contributed by atoms with Gasteiger partial charge in [0, 0.05) is 11.1 Å². The second-order valence-corrected chi connectivity index (χ2v) is 4.08. The van der Waals surface area contributed by atoms with Crippen LogP contribution in [0.15, 0.2) is 23.3 Å². The first-order valence-electron chi connectivity index (χ1n) is 5.73. The van der Waals surface area contributed by atoms with E-state index in [1.807, 2.05) is 13.8 Å². The number of carbonyl (C=O) groups is 2. The van der Waals surface area contributed by atoms with Crippen LogP contribution < -0.4 is 0 Å². The van der Waals surface area contributed by atoms with Gasteiger partial charge in [-0.25, -0.2) is 9.59 Å². The summed E-state index contributed by atoms with van der Waals surface area (Å²) in [4.78, 5) is 20.2. The molecule has 4 heteroatoms. The Kier molecular flexibility index (Phi) is 6.94. The van der Waals surface area contributed by atoms with E-state index in [0.29, 0.717) is 17.6 Å². The van der Waals surface area contributed by atoms with Gasteiger partial charge >= 0.3 is 11.9 Å². The van der Waals surface area contributed by atoms with Gasteiger partial charge in [0.1, 0.15) is 0 Å². The molecular weight excluding hydrogens is 220 g/mol. The Morgan fingerprint density at radius 3 is 2.06 bits per heavy atom. The van der Waals surface area contributed by atoms with Crippen molar-refractivity contribution in [1.82, 2.24) is 0 Å². The van der Waals surface area contributed by atoms with Crippen LogP contribution in [0.1, 0.15) is 46.0 Å². The Bertz CT molecular complexity index is 339.